The highest BCUT2D eigenvalue weighted by Crippen LogP contribution is 2.20. The molecule has 21 heavy (non-hydrogen) atoms. The fraction of sp³-hybridized carbons (Fsp3) is 0.600. The number of carbonyl (C=O) groups is 1. The van der Waals surface area contributed by atoms with Gasteiger partial charge in [-0.25, -0.2) is 9.97 Å². The van der Waals surface area contributed by atoms with E-state index in [1.807, 2.05) is 6.92 Å². The van der Waals surface area contributed by atoms with Crippen molar-refractivity contribution in [3.8, 4) is 6.07 Å². The average Bonchev–Trinajstić information content (AvgIpc) is 2.55. The molecule has 1 aromatic rings. The van der Waals surface area contributed by atoms with Crippen molar-refractivity contribution in [3.63, 3.8) is 0 Å². The Bertz CT molecular complexity index is 491. The van der Waals surface area contributed by atoms with Crippen LogP contribution in [0, 0.1) is 17.2 Å². The second kappa shape index (κ2) is 7.58. The van der Waals surface area contributed by atoms with Gasteiger partial charge in [0.15, 0.2) is 0 Å². The molecule has 1 fully saturated rings. The van der Waals surface area contributed by atoms with Crippen molar-refractivity contribution in [2.75, 3.05) is 18.0 Å². The van der Waals surface area contributed by atoms with Crippen LogP contribution < -0.4 is 10.2 Å². The summed E-state index contributed by atoms with van der Waals surface area (Å²) in [4.78, 5) is 22.7. The molecular weight excluding hydrogens is 266 g/mol. The van der Waals surface area contributed by atoms with Crippen LogP contribution in [0.25, 0.3) is 0 Å². The van der Waals surface area contributed by atoms with Crippen LogP contribution >= 0.6 is 0 Å². The Morgan fingerprint density at radius 3 is 2.71 bits per heavy atom. The van der Waals surface area contributed by atoms with Gasteiger partial charge in [0.25, 0.3) is 0 Å². The average molecular weight is 287 g/mol. The molecule has 1 aliphatic rings. The van der Waals surface area contributed by atoms with Gasteiger partial charge in [0.2, 0.25) is 11.9 Å². The Kier molecular flexibility index (Phi) is 5.50. The van der Waals surface area contributed by atoms with E-state index in [2.05, 4.69) is 26.3 Å². The molecule has 0 spiro atoms. The number of nitrogens with one attached hydrogen (secondary N) is 1. The summed E-state index contributed by atoms with van der Waals surface area (Å²) in [7, 11) is 0. The number of nitriles is 1. The van der Waals surface area contributed by atoms with E-state index in [9.17, 15) is 4.79 Å². The lowest BCUT2D eigenvalue weighted by molar-refractivity contribution is -0.126. The molecule has 0 bridgehead atoms. The number of piperidine rings is 1. The summed E-state index contributed by atoms with van der Waals surface area (Å²) in [5.74, 6) is 0.707. The molecule has 1 aromatic heterocycles. The maximum absolute atomic E-state index is 12.2. The molecule has 1 saturated heterocycles. The molecule has 0 saturated carbocycles. The van der Waals surface area contributed by atoms with Gasteiger partial charge in [-0.2, -0.15) is 5.26 Å². The normalized spacial score (nSPS) is 17.0. The van der Waals surface area contributed by atoms with E-state index in [0.717, 1.165) is 38.3 Å². The number of amides is 1. The van der Waals surface area contributed by atoms with E-state index in [1.54, 1.807) is 18.5 Å². The molecule has 1 N–H and O–H groups in total. The van der Waals surface area contributed by atoms with Gasteiger partial charge in [0.05, 0.1) is 6.07 Å². The standard InChI is InChI=1S/C15H21N5O/c1-2-4-13(11-16)19-14(21)12-5-9-20(10-6-12)15-17-7-3-8-18-15/h3,7-8,12-13H,2,4-6,9-10H2,1H3,(H,19,21)/t13-/m1/s1. The zero-order valence-corrected chi connectivity index (χ0v) is 12.3. The third-order valence-electron chi connectivity index (χ3n) is 3.75. The first-order valence-electron chi connectivity index (χ1n) is 7.46. The van der Waals surface area contributed by atoms with Crippen molar-refractivity contribution in [1.82, 2.24) is 15.3 Å². The predicted molar refractivity (Wildman–Crippen MR) is 79.4 cm³/mol. The first kappa shape index (κ1) is 15.2. The molecule has 6 nitrogen and oxygen atoms in total. The number of hydrogen-bond donors (Lipinski definition) is 1. The lowest BCUT2D eigenvalue weighted by Gasteiger charge is -2.31. The van der Waals surface area contributed by atoms with Crippen LogP contribution in [0.15, 0.2) is 18.5 Å². The van der Waals surface area contributed by atoms with Crippen molar-refractivity contribution < 1.29 is 4.79 Å². The smallest absolute Gasteiger partial charge is 0.225 e. The van der Waals surface area contributed by atoms with Crippen LogP contribution in [0.2, 0.25) is 0 Å². The Hall–Kier alpha value is -2.16. The molecule has 6 heteroatoms. The monoisotopic (exact) mass is 287 g/mol. The summed E-state index contributed by atoms with van der Waals surface area (Å²) < 4.78 is 0. The number of carbonyl (C=O) groups excluding carboxylic acids is 1. The second-order valence-corrected chi connectivity index (χ2v) is 5.29. The zero-order valence-electron chi connectivity index (χ0n) is 12.3. The van der Waals surface area contributed by atoms with Crippen LogP contribution in [0.3, 0.4) is 0 Å². The van der Waals surface area contributed by atoms with E-state index in [1.165, 1.54) is 0 Å². The van der Waals surface area contributed by atoms with E-state index < -0.39 is 0 Å². The quantitative estimate of drug-likeness (QED) is 0.887. The summed E-state index contributed by atoms with van der Waals surface area (Å²) in [6.07, 6.45) is 6.59. The number of anilines is 1. The predicted octanol–water partition coefficient (Wildman–Crippen LogP) is 1.50. The van der Waals surface area contributed by atoms with Gasteiger partial charge in [-0.1, -0.05) is 13.3 Å². The number of hydrogen-bond acceptors (Lipinski definition) is 5. The highest BCUT2D eigenvalue weighted by molar-refractivity contribution is 5.79. The van der Waals surface area contributed by atoms with Gasteiger partial charge in [-0.3, -0.25) is 4.79 Å². The fourth-order valence-corrected chi connectivity index (χ4v) is 2.54. The Morgan fingerprint density at radius 2 is 2.14 bits per heavy atom. The maximum atomic E-state index is 12.2. The van der Waals surface area contributed by atoms with Crippen molar-refractivity contribution in [1.29, 1.82) is 5.26 Å². The summed E-state index contributed by atoms with van der Waals surface area (Å²) >= 11 is 0. The minimum atomic E-state index is -0.363. The van der Waals surface area contributed by atoms with E-state index in [-0.39, 0.29) is 17.9 Å². The number of aromatic nitrogens is 2. The molecule has 2 rings (SSSR count). The van der Waals surface area contributed by atoms with Crippen LogP contribution in [0.4, 0.5) is 5.95 Å². The largest absolute Gasteiger partial charge is 0.341 e. The number of nitrogens with zero attached hydrogens (tertiary/aromatic N) is 4. The van der Waals surface area contributed by atoms with Crippen LogP contribution in [-0.4, -0.2) is 35.0 Å². The van der Waals surface area contributed by atoms with E-state index in [0.29, 0.717) is 6.42 Å². The van der Waals surface area contributed by atoms with Gasteiger partial charge >= 0.3 is 0 Å². The van der Waals surface area contributed by atoms with Crippen LogP contribution in [0.5, 0.6) is 0 Å². The topological polar surface area (TPSA) is 81.9 Å². The minimum absolute atomic E-state index is 0.00336. The molecule has 1 aliphatic heterocycles. The summed E-state index contributed by atoms with van der Waals surface area (Å²) in [6.45, 7) is 3.55. The summed E-state index contributed by atoms with van der Waals surface area (Å²) in [6, 6.07) is 3.57. The molecule has 2 heterocycles. The van der Waals surface area contributed by atoms with Gasteiger partial charge in [-0.15, -0.1) is 0 Å². The third kappa shape index (κ3) is 4.15. The lowest BCUT2D eigenvalue weighted by atomic mass is 9.95. The van der Waals surface area contributed by atoms with Crippen molar-refractivity contribution in [2.24, 2.45) is 5.92 Å². The van der Waals surface area contributed by atoms with Crippen molar-refractivity contribution >= 4 is 11.9 Å². The minimum Gasteiger partial charge on any atom is -0.341 e. The van der Waals surface area contributed by atoms with Gasteiger partial charge in [0, 0.05) is 31.4 Å². The Labute approximate surface area is 125 Å². The first-order valence-corrected chi connectivity index (χ1v) is 7.46. The van der Waals surface area contributed by atoms with Gasteiger partial charge < -0.3 is 10.2 Å². The first-order chi connectivity index (χ1) is 10.2. The molecular formula is C15H21N5O. The SMILES string of the molecule is CCC[C@H](C#N)NC(=O)C1CCN(c2ncccn2)CC1. The zero-order chi connectivity index (χ0) is 15.1. The maximum Gasteiger partial charge on any atom is 0.225 e. The Balaban J connectivity index is 1.83. The van der Waals surface area contributed by atoms with Crippen LogP contribution in [-0.2, 0) is 4.79 Å². The second-order valence-electron chi connectivity index (χ2n) is 5.29. The van der Waals surface area contributed by atoms with E-state index in [4.69, 9.17) is 5.26 Å². The van der Waals surface area contributed by atoms with E-state index >= 15 is 0 Å². The molecule has 112 valence electrons. The third-order valence-corrected chi connectivity index (χ3v) is 3.75. The molecule has 1 amide bonds. The summed E-state index contributed by atoms with van der Waals surface area (Å²) in [5.41, 5.74) is 0. The molecule has 0 aliphatic carbocycles. The van der Waals surface area contributed by atoms with Crippen molar-refractivity contribution in [3.05, 3.63) is 18.5 Å². The highest BCUT2D eigenvalue weighted by Gasteiger charge is 2.27. The molecule has 0 unspecified atom stereocenters. The van der Waals surface area contributed by atoms with Gasteiger partial charge in [0.1, 0.15) is 6.04 Å². The molecule has 0 aromatic carbocycles. The lowest BCUT2D eigenvalue weighted by Crippen LogP contribution is -2.43. The molecule has 1 atom stereocenters. The van der Waals surface area contributed by atoms with Crippen molar-refractivity contribution in [2.45, 2.75) is 38.6 Å². The summed E-state index contributed by atoms with van der Waals surface area (Å²) in [5, 5.41) is 11.8. The fourth-order valence-electron chi connectivity index (χ4n) is 2.54. The van der Waals surface area contributed by atoms with Gasteiger partial charge in [-0.05, 0) is 25.3 Å². The molecule has 0 radical (unpaired) electrons. The number of rotatable bonds is 5. The highest BCUT2D eigenvalue weighted by atomic mass is 16.1. The Morgan fingerprint density at radius 1 is 1.48 bits per heavy atom. The van der Waals surface area contributed by atoms with Crippen LogP contribution in [0.1, 0.15) is 32.6 Å².